The second-order valence-corrected chi connectivity index (χ2v) is 6.68. The number of anilines is 1. The third kappa shape index (κ3) is 5.99. The van der Waals surface area contributed by atoms with Gasteiger partial charge in [0.2, 0.25) is 5.60 Å². The number of halogens is 4. The lowest BCUT2D eigenvalue weighted by Crippen LogP contribution is -2.41. The Kier molecular flexibility index (Phi) is 5.86. The van der Waals surface area contributed by atoms with Gasteiger partial charge < -0.3 is 10.8 Å². The van der Waals surface area contributed by atoms with Crippen molar-refractivity contribution in [2.75, 3.05) is 12.0 Å². The molecule has 24 heavy (non-hydrogen) atoms. The van der Waals surface area contributed by atoms with Crippen LogP contribution in [-0.4, -0.2) is 30.5 Å². The molecule has 1 aromatic rings. The van der Waals surface area contributed by atoms with Gasteiger partial charge in [-0.15, -0.1) is 0 Å². The van der Waals surface area contributed by atoms with Gasteiger partial charge >= 0.3 is 6.18 Å². The van der Waals surface area contributed by atoms with Gasteiger partial charge in [0.25, 0.3) is 10.1 Å². The van der Waals surface area contributed by atoms with Crippen molar-refractivity contribution in [3.63, 3.8) is 0 Å². The maximum Gasteiger partial charge on any atom is 0.433 e. The predicted octanol–water partition coefficient (Wildman–Crippen LogP) is 2.08. The third-order valence-electron chi connectivity index (χ3n) is 2.85. The molecule has 2 rings (SSSR count). The van der Waals surface area contributed by atoms with Gasteiger partial charge in [0.15, 0.2) is 0 Å². The summed E-state index contributed by atoms with van der Waals surface area (Å²) in [6.07, 6.45) is -2.93. The minimum Gasteiger partial charge on any atom is -0.398 e. The maximum absolute atomic E-state index is 13.1. The largest absolute Gasteiger partial charge is 0.433 e. The molecular weight excluding hydrogens is 354 g/mol. The van der Waals surface area contributed by atoms with E-state index in [0.717, 1.165) is 12.1 Å². The van der Waals surface area contributed by atoms with Crippen LogP contribution in [0, 0.1) is 23.6 Å². The Morgan fingerprint density at radius 3 is 2.21 bits per heavy atom. The third-order valence-corrected chi connectivity index (χ3v) is 2.85. The minimum absolute atomic E-state index is 0.136. The fourth-order valence-electron chi connectivity index (χ4n) is 1.57. The lowest BCUT2D eigenvalue weighted by atomic mass is 9.91. The molecule has 0 heterocycles. The monoisotopic (exact) mass is 369 g/mol. The van der Waals surface area contributed by atoms with E-state index < -0.39 is 33.3 Å². The number of hydrogen-bond acceptors (Lipinski definition) is 4. The van der Waals surface area contributed by atoms with Crippen LogP contribution in [0.2, 0.25) is 0 Å². The number of rotatable bonds is 1. The molecule has 0 bridgehead atoms. The van der Waals surface area contributed by atoms with Crippen LogP contribution >= 0.6 is 0 Å². The summed E-state index contributed by atoms with van der Waals surface area (Å²) in [6.45, 7) is 0. The van der Waals surface area contributed by atoms with Crippen molar-refractivity contribution in [2.24, 2.45) is 5.92 Å². The summed E-state index contributed by atoms with van der Waals surface area (Å²) in [4.78, 5) is 0. The van der Waals surface area contributed by atoms with Crippen molar-refractivity contribution in [1.82, 2.24) is 0 Å². The molecule has 134 valence electrons. The average molecular weight is 369 g/mol. The number of aliphatic hydroxyl groups is 1. The second-order valence-electron chi connectivity index (χ2n) is 5.22. The number of alkyl halides is 3. The zero-order chi connectivity index (χ0) is 18.8. The molecule has 1 fully saturated rings. The van der Waals surface area contributed by atoms with Gasteiger partial charge in [-0.25, -0.2) is 4.39 Å². The van der Waals surface area contributed by atoms with Crippen LogP contribution in [0.25, 0.3) is 0 Å². The van der Waals surface area contributed by atoms with Crippen molar-refractivity contribution >= 4 is 15.8 Å². The normalized spacial score (nSPS) is 17.0. The molecule has 1 saturated carbocycles. The van der Waals surface area contributed by atoms with Crippen LogP contribution < -0.4 is 5.73 Å². The van der Waals surface area contributed by atoms with Crippen molar-refractivity contribution in [3.8, 4) is 11.8 Å². The second kappa shape index (κ2) is 6.96. The van der Waals surface area contributed by atoms with Gasteiger partial charge in [0.05, 0.1) is 6.26 Å². The summed E-state index contributed by atoms with van der Waals surface area (Å²) in [5, 5.41) is 9.86. The Hall–Kier alpha value is -1.83. The van der Waals surface area contributed by atoms with E-state index in [-0.39, 0.29) is 11.6 Å². The molecule has 0 radical (unpaired) electrons. The average Bonchev–Trinajstić information content (AvgIpc) is 3.19. The van der Waals surface area contributed by atoms with Crippen LogP contribution in [0.3, 0.4) is 0 Å². The first kappa shape index (κ1) is 20.2. The molecule has 1 aliphatic carbocycles. The Balaban J connectivity index is 0.000000505. The fourth-order valence-corrected chi connectivity index (χ4v) is 1.57. The first-order chi connectivity index (χ1) is 10.7. The molecule has 1 unspecified atom stereocenters. The Bertz CT molecular complexity index is 755. The molecule has 0 saturated heterocycles. The number of benzene rings is 1. The van der Waals surface area contributed by atoms with Crippen molar-refractivity contribution in [3.05, 3.63) is 29.6 Å². The van der Waals surface area contributed by atoms with Gasteiger partial charge in [0.1, 0.15) is 5.82 Å². The van der Waals surface area contributed by atoms with Gasteiger partial charge in [-0.05, 0) is 31.0 Å². The quantitative estimate of drug-likeness (QED) is 0.305. The topological polar surface area (TPSA) is 101 Å². The van der Waals surface area contributed by atoms with Crippen LogP contribution in [0.15, 0.2) is 18.2 Å². The zero-order valence-electron chi connectivity index (χ0n) is 12.4. The SMILES string of the molecule is CS(=O)(=O)O.Nc1ccc(F)cc1C(O)(C#CC1CC1)C(F)(F)F. The van der Waals surface area contributed by atoms with Crippen LogP contribution in [0.4, 0.5) is 23.2 Å². The summed E-state index contributed by atoms with van der Waals surface area (Å²) in [7, 11) is -3.67. The predicted molar refractivity (Wildman–Crippen MR) is 78.7 cm³/mol. The lowest BCUT2D eigenvalue weighted by Gasteiger charge is -2.26. The molecule has 4 N–H and O–H groups in total. The molecule has 1 aromatic carbocycles. The molecule has 1 atom stereocenters. The van der Waals surface area contributed by atoms with E-state index in [1.54, 1.807) is 0 Å². The summed E-state index contributed by atoms with van der Waals surface area (Å²) in [5.41, 5.74) is 0.832. The number of nitrogen functional groups attached to an aromatic ring is 1. The van der Waals surface area contributed by atoms with Gasteiger partial charge in [-0.1, -0.05) is 11.8 Å². The highest BCUT2D eigenvalue weighted by Gasteiger charge is 2.55. The van der Waals surface area contributed by atoms with E-state index in [1.165, 1.54) is 0 Å². The molecule has 10 heteroatoms. The van der Waals surface area contributed by atoms with E-state index in [9.17, 15) is 31.1 Å². The van der Waals surface area contributed by atoms with Crippen molar-refractivity contribution in [1.29, 1.82) is 0 Å². The summed E-state index contributed by atoms with van der Waals surface area (Å²) in [6, 6.07) is 2.45. The molecule has 0 aliphatic heterocycles. The minimum atomic E-state index is -5.06. The highest BCUT2D eigenvalue weighted by Crippen LogP contribution is 2.41. The lowest BCUT2D eigenvalue weighted by molar-refractivity contribution is -0.240. The first-order valence-corrected chi connectivity index (χ1v) is 8.38. The van der Waals surface area contributed by atoms with E-state index >= 15 is 0 Å². The van der Waals surface area contributed by atoms with Gasteiger partial charge in [0, 0.05) is 17.2 Å². The van der Waals surface area contributed by atoms with Crippen molar-refractivity contribution < 1.29 is 35.6 Å². The smallest absolute Gasteiger partial charge is 0.398 e. The van der Waals surface area contributed by atoms with E-state index in [4.69, 9.17) is 10.3 Å². The molecule has 0 amide bonds. The Morgan fingerprint density at radius 1 is 1.29 bits per heavy atom. The molecular formula is C14H15F4NO4S. The summed E-state index contributed by atoms with van der Waals surface area (Å²) >= 11 is 0. The van der Waals surface area contributed by atoms with E-state index in [0.29, 0.717) is 25.2 Å². The molecule has 0 spiro atoms. The summed E-state index contributed by atoms with van der Waals surface area (Å²) in [5.74, 6) is 3.12. The highest BCUT2D eigenvalue weighted by atomic mass is 32.2. The highest BCUT2D eigenvalue weighted by molar-refractivity contribution is 7.85. The van der Waals surface area contributed by atoms with Gasteiger partial charge in [-0.2, -0.15) is 21.6 Å². The molecule has 0 aromatic heterocycles. The Morgan fingerprint density at radius 2 is 1.79 bits per heavy atom. The van der Waals surface area contributed by atoms with Crippen LogP contribution in [-0.2, 0) is 15.7 Å². The van der Waals surface area contributed by atoms with E-state index in [2.05, 4.69) is 5.92 Å². The first-order valence-electron chi connectivity index (χ1n) is 6.54. The van der Waals surface area contributed by atoms with Crippen LogP contribution in [0.5, 0.6) is 0 Å². The van der Waals surface area contributed by atoms with E-state index in [1.807, 2.05) is 5.92 Å². The standard InChI is InChI=1S/C13H11F4NO.CH4O3S/c14-9-3-4-11(18)10(7-9)12(19,13(15,16)17)6-5-8-1-2-8;1-5(2,3)4/h3-4,7-8,19H,1-2,18H2;1H3,(H,2,3,4). The van der Waals surface area contributed by atoms with Crippen LogP contribution in [0.1, 0.15) is 18.4 Å². The maximum atomic E-state index is 13.1. The molecule has 1 aliphatic rings. The van der Waals surface area contributed by atoms with Gasteiger partial charge in [-0.3, -0.25) is 4.55 Å². The number of nitrogens with two attached hydrogens (primary N) is 1. The fraction of sp³-hybridized carbons (Fsp3) is 0.429. The Labute approximate surface area is 136 Å². The van der Waals surface area contributed by atoms with Crippen molar-refractivity contribution in [2.45, 2.75) is 24.6 Å². The summed E-state index contributed by atoms with van der Waals surface area (Å²) < 4.78 is 78.1. The molecule has 5 nitrogen and oxygen atoms in total. The zero-order valence-corrected chi connectivity index (χ0v) is 13.2. The number of hydrogen-bond donors (Lipinski definition) is 3.